The maximum atomic E-state index is 11.8. The Morgan fingerprint density at radius 1 is 1.62 bits per heavy atom. The van der Waals surface area contributed by atoms with Crippen molar-refractivity contribution >= 4 is 5.91 Å². The summed E-state index contributed by atoms with van der Waals surface area (Å²) < 4.78 is 0. The first-order valence-electron chi connectivity index (χ1n) is 5.17. The van der Waals surface area contributed by atoms with Crippen molar-refractivity contribution in [2.24, 2.45) is 0 Å². The minimum Gasteiger partial charge on any atom is -0.352 e. The van der Waals surface area contributed by atoms with Crippen LogP contribution in [0, 0.1) is 0 Å². The van der Waals surface area contributed by atoms with Gasteiger partial charge in [-0.25, -0.2) is 0 Å². The van der Waals surface area contributed by atoms with Crippen molar-refractivity contribution in [1.29, 1.82) is 0 Å². The summed E-state index contributed by atoms with van der Waals surface area (Å²) in [5, 5.41) is 6.29. The van der Waals surface area contributed by atoms with Crippen LogP contribution in [-0.4, -0.2) is 24.0 Å². The molecule has 0 aromatic carbocycles. The third-order valence-corrected chi connectivity index (χ3v) is 2.70. The van der Waals surface area contributed by atoms with Crippen LogP contribution < -0.4 is 10.6 Å². The molecule has 0 bridgehead atoms. The van der Waals surface area contributed by atoms with Gasteiger partial charge in [0, 0.05) is 6.04 Å². The lowest BCUT2D eigenvalue weighted by atomic mass is 9.93. The highest BCUT2D eigenvalue weighted by molar-refractivity contribution is 5.86. The molecule has 1 unspecified atom stereocenters. The van der Waals surface area contributed by atoms with E-state index in [0.717, 1.165) is 25.8 Å². The third-order valence-electron chi connectivity index (χ3n) is 2.70. The summed E-state index contributed by atoms with van der Waals surface area (Å²) in [6.45, 7) is 7.03. The Morgan fingerprint density at radius 2 is 2.31 bits per heavy atom. The smallest absolute Gasteiger partial charge is 0.240 e. The van der Waals surface area contributed by atoms with Gasteiger partial charge in [0.15, 0.2) is 0 Å². The van der Waals surface area contributed by atoms with E-state index >= 15 is 0 Å². The zero-order valence-corrected chi connectivity index (χ0v) is 8.81. The van der Waals surface area contributed by atoms with Gasteiger partial charge < -0.3 is 10.6 Å². The van der Waals surface area contributed by atoms with Gasteiger partial charge >= 0.3 is 0 Å². The van der Waals surface area contributed by atoms with Gasteiger partial charge in [0.2, 0.25) is 5.91 Å². The Hall–Kier alpha value is -0.570. The Balaban J connectivity index is 2.60. The van der Waals surface area contributed by atoms with Crippen molar-refractivity contribution in [2.45, 2.75) is 51.6 Å². The maximum absolute atomic E-state index is 11.8. The SMILES string of the molecule is CCC1(C(=O)NC(C)C)CCCN1. The van der Waals surface area contributed by atoms with Crippen molar-refractivity contribution < 1.29 is 4.79 Å². The highest BCUT2D eigenvalue weighted by Gasteiger charge is 2.38. The van der Waals surface area contributed by atoms with Gasteiger partial charge in [0.05, 0.1) is 5.54 Å². The molecule has 1 amide bonds. The number of amides is 1. The van der Waals surface area contributed by atoms with Crippen LogP contribution in [0.5, 0.6) is 0 Å². The average Bonchev–Trinajstić information content (AvgIpc) is 2.51. The van der Waals surface area contributed by atoms with Crippen molar-refractivity contribution in [2.75, 3.05) is 6.54 Å². The molecule has 1 fully saturated rings. The lowest BCUT2D eigenvalue weighted by Gasteiger charge is -2.27. The van der Waals surface area contributed by atoms with Crippen LogP contribution in [0.2, 0.25) is 0 Å². The van der Waals surface area contributed by atoms with Crippen molar-refractivity contribution in [3.05, 3.63) is 0 Å². The van der Waals surface area contributed by atoms with Gasteiger partial charge in [-0.1, -0.05) is 6.92 Å². The summed E-state index contributed by atoms with van der Waals surface area (Å²) in [5.41, 5.74) is -0.274. The van der Waals surface area contributed by atoms with Gasteiger partial charge in [-0.2, -0.15) is 0 Å². The topological polar surface area (TPSA) is 41.1 Å². The lowest BCUT2D eigenvalue weighted by Crippen LogP contribution is -2.54. The fraction of sp³-hybridized carbons (Fsp3) is 0.900. The van der Waals surface area contributed by atoms with Crippen LogP contribution in [0.4, 0.5) is 0 Å². The molecular formula is C10H20N2O. The van der Waals surface area contributed by atoms with E-state index in [1.807, 2.05) is 13.8 Å². The lowest BCUT2D eigenvalue weighted by molar-refractivity contribution is -0.127. The fourth-order valence-electron chi connectivity index (χ4n) is 1.86. The molecule has 1 rings (SSSR count). The molecule has 2 N–H and O–H groups in total. The quantitative estimate of drug-likeness (QED) is 0.688. The molecular weight excluding hydrogens is 164 g/mol. The average molecular weight is 184 g/mol. The highest BCUT2D eigenvalue weighted by Crippen LogP contribution is 2.23. The molecule has 1 aliphatic heterocycles. The zero-order chi connectivity index (χ0) is 9.90. The standard InChI is InChI=1S/C10H20N2O/c1-4-10(6-5-7-11-10)9(13)12-8(2)3/h8,11H,4-7H2,1-3H3,(H,12,13). The second kappa shape index (κ2) is 4.09. The first-order chi connectivity index (χ1) is 6.10. The minimum absolute atomic E-state index is 0.169. The van der Waals surface area contributed by atoms with E-state index in [2.05, 4.69) is 17.6 Å². The first-order valence-corrected chi connectivity index (χ1v) is 5.17. The van der Waals surface area contributed by atoms with Gasteiger partial charge in [-0.3, -0.25) is 4.79 Å². The Morgan fingerprint density at radius 3 is 2.69 bits per heavy atom. The molecule has 0 aliphatic carbocycles. The number of carbonyl (C=O) groups is 1. The van der Waals surface area contributed by atoms with Crippen LogP contribution in [-0.2, 0) is 4.79 Å². The maximum Gasteiger partial charge on any atom is 0.240 e. The van der Waals surface area contributed by atoms with E-state index in [1.54, 1.807) is 0 Å². The van der Waals surface area contributed by atoms with Crippen molar-refractivity contribution in [1.82, 2.24) is 10.6 Å². The van der Waals surface area contributed by atoms with Gasteiger partial charge in [0.1, 0.15) is 0 Å². The predicted octanol–water partition coefficient (Wildman–Crippen LogP) is 1.04. The monoisotopic (exact) mass is 184 g/mol. The number of carbonyl (C=O) groups excluding carboxylic acids is 1. The van der Waals surface area contributed by atoms with E-state index in [1.165, 1.54) is 0 Å². The highest BCUT2D eigenvalue weighted by atomic mass is 16.2. The summed E-state index contributed by atoms with van der Waals surface area (Å²) in [7, 11) is 0. The Bertz CT molecular complexity index is 183. The molecule has 1 atom stereocenters. The zero-order valence-electron chi connectivity index (χ0n) is 8.81. The number of nitrogens with one attached hydrogen (secondary N) is 2. The van der Waals surface area contributed by atoms with Gasteiger partial charge in [-0.15, -0.1) is 0 Å². The Labute approximate surface area is 80.3 Å². The van der Waals surface area contributed by atoms with E-state index in [4.69, 9.17) is 0 Å². The normalized spacial score (nSPS) is 28.0. The van der Waals surface area contributed by atoms with E-state index < -0.39 is 0 Å². The van der Waals surface area contributed by atoms with E-state index in [-0.39, 0.29) is 17.5 Å². The molecule has 13 heavy (non-hydrogen) atoms. The molecule has 3 heteroatoms. The summed E-state index contributed by atoms with van der Waals surface area (Å²) >= 11 is 0. The summed E-state index contributed by atoms with van der Waals surface area (Å²) in [4.78, 5) is 11.8. The third kappa shape index (κ3) is 2.21. The van der Waals surface area contributed by atoms with Crippen LogP contribution in [0.1, 0.15) is 40.0 Å². The first kappa shape index (κ1) is 10.5. The molecule has 0 aromatic heterocycles. The summed E-state index contributed by atoms with van der Waals surface area (Å²) in [5.74, 6) is 0.169. The second-order valence-electron chi connectivity index (χ2n) is 4.09. The van der Waals surface area contributed by atoms with E-state index in [9.17, 15) is 4.79 Å². The number of rotatable bonds is 3. The molecule has 0 saturated carbocycles. The van der Waals surface area contributed by atoms with Crippen LogP contribution in [0.3, 0.4) is 0 Å². The summed E-state index contributed by atoms with van der Waals surface area (Å²) in [6, 6.07) is 0.235. The molecule has 1 aliphatic rings. The van der Waals surface area contributed by atoms with Crippen LogP contribution >= 0.6 is 0 Å². The van der Waals surface area contributed by atoms with Gasteiger partial charge in [-0.05, 0) is 39.7 Å². The minimum atomic E-state index is -0.274. The molecule has 76 valence electrons. The van der Waals surface area contributed by atoms with Crippen molar-refractivity contribution in [3.8, 4) is 0 Å². The number of hydrogen-bond donors (Lipinski definition) is 2. The van der Waals surface area contributed by atoms with Crippen LogP contribution in [0.15, 0.2) is 0 Å². The largest absolute Gasteiger partial charge is 0.352 e. The molecule has 1 saturated heterocycles. The van der Waals surface area contributed by atoms with Crippen molar-refractivity contribution in [3.63, 3.8) is 0 Å². The van der Waals surface area contributed by atoms with Crippen LogP contribution in [0.25, 0.3) is 0 Å². The number of hydrogen-bond acceptors (Lipinski definition) is 2. The molecule has 0 aromatic rings. The molecule has 3 nitrogen and oxygen atoms in total. The Kier molecular flexibility index (Phi) is 3.31. The predicted molar refractivity (Wildman–Crippen MR) is 53.5 cm³/mol. The molecule has 1 heterocycles. The molecule has 0 spiro atoms. The second-order valence-corrected chi connectivity index (χ2v) is 4.09. The van der Waals surface area contributed by atoms with Gasteiger partial charge in [0.25, 0.3) is 0 Å². The summed E-state index contributed by atoms with van der Waals surface area (Å²) in [6.07, 6.45) is 2.97. The fourth-order valence-corrected chi connectivity index (χ4v) is 1.86. The molecule has 0 radical (unpaired) electrons. The van der Waals surface area contributed by atoms with E-state index in [0.29, 0.717) is 0 Å².